The maximum Gasteiger partial charge on any atom is 0.00682 e. The van der Waals surface area contributed by atoms with Crippen molar-refractivity contribution in [2.45, 2.75) is 53.4 Å². The number of rotatable bonds is 0. The van der Waals surface area contributed by atoms with E-state index in [-0.39, 0.29) is 0 Å². The first-order valence-corrected chi connectivity index (χ1v) is 13.0. The van der Waals surface area contributed by atoms with E-state index in [0.717, 1.165) is 6.42 Å². The monoisotopic (exact) mass is 451 g/mol. The Balaban J connectivity index is 0.000000363. The Morgan fingerprint density at radius 2 is 1.32 bits per heavy atom. The summed E-state index contributed by atoms with van der Waals surface area (Å²) < 4.78 is 0. The molecule has 0 aliphatic heterocycles. The van der Waals surface area contributed by atoms with E-state index in [9.17, 15) is 0 Å². The van der Waals surface area contributed by atoms with E-state index in [2.05, 4.69) is 98.1 Å². The van der Waals surface area contributed by atoms with Crippen LogP contribution in [0.1, 0.15) is 58.1 Å². The summed E-state index contributed by atoms with van der Waals surface area (Å²) in [4.78, 5) is 0. The largest absolute Gasteiger partial charge is 0.323 e. The SMILES string of the molecule is C1=C2C=c3ccccc3=CC2Cc2cc3cc4c(cc3cc21)=CCCC=4.CC.CCC.CNC. The molecule has 1 atom stereocenters. The molecule has 0 fully saturated rings. The van der Waals surface area contributed by atoms with Crippen molar-refractivity contribution in [3.05, 3.63) is 86.1 Å². The molecule has 1 N–H and O–H groups in total. The number of nitrogens with one attached hydrogen (secondary N) is 1. The second-order valence-electron chi connectivity index (χ2n) is 8.97. The smallest absolute Gasteiger partial charge is 0.00682 e. The Morgan fingerprint density at radius 1 is 0.765 bits per heavy atom. The van der Waals surface area contributed by atoms with Crippen molar-refractivity contribution in [2.24, 2.45) is 5.92 Å². The van der Waals surface area contributed by atoms with Gasteiger partial charge in [0, 0.05) is 5.92 Å². The van der Waals surface area contributed by atoms with E-state index in [1.54, 1.807) is 0 Å². The van der Waals surface area contributed by atoms with Crippen molar-refractivity contribution in [3.63, 3.8) is 0 Å². The minimum Gasteiger partial charge on any atom is -0.323 e. The molecule has 1 heteroatoms. The van der Waals surface area contributed by atoms with Gasteiger partial charge in [0.05, 0.1) is 0 Å². The summed E-state index contributed by atoms with van der Waals surface area (Å²) >= 11 is 0. The molecule has 34 heavy (non-hydrogen) atoms. The summed E-state index contributed by atoms with van der Waals surface area (Å²) in [6.45, 7) is 8.25. The third-order valence-electron chi connectivity index (χ3n) is 6.08. The maximum absolute atomic E-state index is 2.75. The van der Waals surface area contributed by atoms with Gasteiger partial charge in [-0.25, -0.2) is 0 Å². The number of fused-ring (bicyclic) bond motifs is 5. The van der Waals surface area contributed by atoms with Gasteiger partial charge in [-0.15, -0.1) is 0 Å². The molecule has 0 aromatic heterocycles. The fourth-order valence-corrected chi connectivity index (χ4v) is 4.73. The van der Waals surface area contributed by atoms with Crippen LogP contribution in [0.5, 0.6) is 0 Å². The normalized spacial score (nSPS) is 16.1. The Labute approximate surface area is 205 Å². The summed E-state index contributed by atoms with van der Waals surface area (Å²) in [5.74, 6) is 0.507. The first kappa shape index (κ1) is 25.7. The second kappa shape index (κ2) is 12.5. The van der Waals surface area contributed by atoms with Crippen LogP contribution in [0.15, 0.2) is 54.1 Å². The zero-order valence-electron chi connectivity index (χ0n) is 21.9. The van der Waals surface area contributed by atoms with Crippen LogP contribution in [0.3, 0.4) is 0 Å². The highest BCUT2D eigenvalue weighted by Crippen LogP contribution is 2.33. The lowest BCUT2D eigenvalue weighted by atomic mass is 9.79. The number of hydrogen-bond acceptors (Lipinski definition) is 1. The summed E-state index contributed by atoms with van der Waals surface area (Å²) in [5.41, 5.74) is 4.33. The van der Waals surface area contributed by atoms with Crippen LogP contribution in [0.2, 0.25) is 0 Å². The number of benzene rings is 3. The van der Waals surface area contributed by atoms with Crippen LogP contribution in [0.4, 0.5) is 0 Å². The molecule has 0 bridgehead atoms. The minimum absolute atomic E-state index is 0.507. The summed E-state index contributed by atoms with van der Waals surface area (Å²) in [7, 11) is 3.75. The number of allylic oxidation sites excluding steroid dienone is 1. The lowest BCUT2D eigenvalue weighted by Crippen LogP contribution is -2.31. The van der Waals surface area contributed by atoms with Crippen molar-refractivity contribution < 1.29 is 0 Å². The van der Waals surface area contributed by atoms with Crippen molar-refractivity contribution >= 4 is 41.2 Å². The van der Waals surface area contributed by atoms with Crippen LogP contribution in [-0.4, -0.2) is 14.1 Å². The summed E-state index contributed by atoms with van der Waals surface area (Å²) in [6.07, 6.45) is 16.7. The van der Waals surface area contributed by atoms with Crippen LogP contribution < -0.4 is 26.2 Å². The Morgan fingerprint density at radius 3 is 1.94 bits per heavy atom. The molecule has 0 spiro atoms. The first-order chi connectivity index (χ1) is 16.7. The topological polar surface area (TPSA) is 12.0 Å². The fraction of sp³-hybridized carbons (Fsp3) is 0.333. The van der Waals surface area contributed by atoms with Gasteiger partial charge >= 0.3 is 0 Å². The number of hydrogen-bond donors (Lipinski definition) is 1. The van der Waals surface area contributed by atoms with Crippen LogP contribution >= 0.6 is 0 Å². The zero-order chi connectivity index (χ0) is 24.5. The van der Waals surface area contributed by atoms with Crippen molar-refractivity contribution in [1.82, 2.24) is 5.32 Å². The molecule has 0 radical (unpaired) electrons. The molecule has 0 saturated heterocycles. The zero-order valence-corrected chi connectivity index (χ0v) is 21.9. The van der Waals surface area contributed by atoms with E-state index in [1.807, 2.05) is 27.9 Å². The quantitative estimate of drug-likeness (QED) is 0.489. The van der Waals surface area contributed by atoms with Gasteiger partial charge in [-0.3, -0.25) is 0 Å². The molecule has 1 nitrogen and oxygen atoms in total. The van der Waals surface area contributed by atoms with Crippen LogP contribution in [0.25, 0.3) is 41.2 Å². The predicted molar refractivity (Wildman–Crippen MR) is 153 cm³/mol. The highest BCUT2D eigenvalue weighted by Gasteiger charge is 2.20. The maximum atomic E-state index is 2.75. The lowest BCUT2D eigenvalue weighted by molar-refractivity contribution is 0.806. The average Bonchev–Trinajstić information content (AvgIpc) is 2.86. The van der Waals surface area contributed by atoms with Gasteiger partial charge in [-0.05, 0) is 99.9 Å². The van der Waals surface area contributed by atoms with Crippen LogP contribution in [0, 0.1) is 5.92 Å². The summed E-state index contributed by atoms with van der Waals surface area (Å²) in [6, 6.07) is 18.3. The highest BCUT2D eigenvalue weighted by molar-refractivity contribution is 5.88. The van der Waals surface area contributed by atoms with Crippen LogP contribution in [-0.2, 0) is 6.42 Å². The van der Waals surface area contributed by atoms with Crippen molar-refractivity contribution in [1.29, 1.82) is 0 Å². The third kappa shape index (κ3) is 5.77. The van der Waals surface area contributed by atoms with Gasteiger partial charge in [-0.2, -0.15) is 0 Å². The Kier molecular flexibility index (Phi) is 9.48. The standard InChI is InChI=1S/C26H20.C3H8.C2H7N.C2H6/c1-2-6-18-10-22-14-26-16-24-12-20-8-4-3-7-19(20)11-23(24)15-25(26)13-21(22)9-17(18)5-1;2*1-3-2;1-2/h1-2,5-13,15-16,22H,3-4,14H2;3H2,1-2H3;3H,1-2H3;1-2H3. The second-order valence-corrected chi connectivity index (χ2v) is 8.97. The molecule has 6 rings (SSSR count). The molecule has 3 aromatic rings. The van der Waals surface area contributed by atoms with Crippen molar-refractivity contribution in [2.75, 3.05) is 14.1 Å². The van der Waals surface area contributed by atoms with Gasteiger partial charge in [0.15, 0.2) is 0 Å². The molecule has 0 saturated carbocycles. The molecule has 178 valence electrons. The molecular weight excluding hydrogens is 410 g/mol. The Hall–Kier alpha value is -2.90. The van der Waals surface area contributed by atoms with E-state index in [0.29, 0.717) is 5.92 Å². The van der Waals surface area contributed by atoms with Gasteiger partial charge in [0.2, 0.25) is 0 Å². The molecule has 3 aromatic carbocycles. The molecule has 3 aliphatic carbocycles. The first-order valence-electron chi connectivity index (χ1n) is 13.0. The van der Waals surface area contributed by atoms with Gasteiger partial charge in [-0.1, -0.05) is 94.8 Å². The lowest BCUT2D eigenvalue weighted by Gasteiger charge is -2.25. The molecular formula is C33H41N. The van der Waals surface area contributed by atoms with E-state index in [1.165, 1.54) is 67.6 Å². The average molecular weight is 452 g/mol. The predicted octanol–water partition coefficient (Wildman–Crippen LogP) is 5.30. The molecule has 0 heterocycles. The summed E-state index contributed by atoms with van der Waals surface area (Å²) in [5, 5.41) is 11.0. The van der Waals surface area contributed by atoms with E-state index in [4.69, 9.17) is 0 Å². The van der Waals surface area contributed by atoms with Gasteiger partial charge < -0.3 is 5.32 Å². The molecule has 3 aliphatic rings. The fourth-order valence-electron chi connectivity index (χ4n) is 4.73. The van der Waals surface area contributed by atoms with Gasteiger partial charge in [0.1, 0.15) is 0 Å². The molecule has 1 unspecified atom stereocenters. The molecule has 0 amide bonds. The van der Waals surface area contributed by atoms with Crippen molar-refractivity contribution in [3.8, 4) is 0 Å². The Bertz CT molecular complexity index is 1390. The highest BCUT2D eigenvalue weighted by atomic mass is 14.7. The van der Waals surface area contributed by atoms with Gasteiger partial charge in [0.25, 0.3) is 0 Å². The van der Waals surface area contributed by atoms with E-state index < -0.39 is 0 Å². The van der Waals surface area contributed by atoms with E-state index >= 15 is 0 Å². The minimum atomic E-state index is 0.507. The third-order valence-corrected chi connectivity index (χ3v) is 6.08.